The summed E-state index contributed by atoms with van der Waals surface area (Å²) in [7, 11) is 0. The molecule has 0 spiro atoms. The third-order valence-electron chi connectivity index (χ3n) is 3.47. The number of benzene rings is 1. The lowest BCUT2D eigenvalue weighted by atomic mass is 10.0. The minimum Gasteiger partial charge on any atom is -0.314 e. The van der Waals surface area contributed by atoms with Crippen LogP contribution >= 0.6 is 23.2 Å². The number of nitrogens with zero attached hydrogens (tertiary/aromatic N) is 1. The molecule has 1 aromatic heterocycles. The van der Waals surface area contributed by atoms with E-state index in [1.54, 1.807) is 0 Å². The molecule has 0 aliphatic carbocycles. The van der Waals surface area contributed by atoms with Gasteiger partial charge in [-0.15, -0.1) is 0 Å². The number of hydrogen-bond acceptors (Lipinski definition) is 2. The summed E-state index contributed by atoms with van der Waals surface area (Å²) in [6.45, 7) is 3.05. The van der Waals surface area contributed by atoms with E-state index < -0.39 is 0 Å². The molecule has 0 amide bonds. The predicted octanol–water partition coefficient (Wildman–Crippen LogP) is 4.54. The van der Waals surface area contributed by atoms with Gasteiger partial charge < -0.3 is 5.32 Å². The average Bonchev–Trinajstić information content (AvgIpc) is 2.50. The first-order valence-electron chi connectivity index (χ1n) is 7.27. The molecular formula is C17H20Cl2N2. The molecule has 0 fully saturated rings. The number of halogens is 2. The number of aromatic nitrogens is 1. The molecule has 0 saturated carbocycles. The highest BCUT2D eigenvalue weighted by Crippen LogP contribution is 2.26. The van der Waals surface area contributed by atoms with Crippen LogP contribution < -0.4 is 5.32 Å². The molecule has 112 valence electrons. The van der Waals surface area contributed by atoms with E-state index in [2.05, 4.69) is 23.3 Å². The second-order valence-corrected chi connectivity index (χ2v) is 5.82. The van der Waals surface area contributed by atoms with E-state index in [9.17, 15) is 0 Å². The molecule has 1 atom stereocenters. The third kappa shape index (κ3) is 4.99. The summed E-state index contributed by atoms with van der Waals surface area (Å²) in [6.07, 6.45) is 4.69. The molecule has 2 nitrogen and oxygen atoms in total. The molecule has 2 aromatic rings. The van der Waals surface area contributed by atoms with E-state index in [0.717, 1.165) is 37.1 Å². The molecule has 4 heteroatoms. The van der Waals surface area contributed by atoms with Gasteiger partial charge in [0.05, 0.1) is 10.0 Å². The van der Waals surface area contributed by atoms with Crippen molar-refractivity contribution in [2.75, 3.05) is 6.54 Å². The summed E-state index contributed by atoms with van der Waals surface area (Å²) < 4.78 is 0. The van der Waals surface area contributed by atoms with Crippen molar-refractivity contribution in [3.05, 3.63) is 63.9 Å². The Labute approximate surface area is 136 Å². The van der Waals surface area contributed by atoms with Crippen molar-refractivity contribution in [3.8, 4) is 0 Å². The highest BCUT2D eigenvalue weighted by molar-refractivity contribution is 6.42. The number of pyridine rings is 1. The van der Waals surface area contributed by atoms with E-state index in [1.807, 2.05) is 36.5 Å². The van der Waals surface area contributed by atoms with E-state index in [1.165, 1.54) is 0 Å². The van der Waals surface area contributed by atoms with Crippen molar-refractivity contribution in [3.63, 3.8) is 0 Å². The number of likely N-dealkylation sites (N-methyl/N-ethyl adjacent to an activating group) is 1. The minimum absolute atomic E-state index is 0.368. The molecule has 0 aliphatic rings. The maximum Gasteiger partial charge on any atom is 0.0624 e. The standard InChI is InChI=1S/C17H20Cl2N2/c1-2-20-15(10-9-14-7-3-4-11-21-14)12-13-6-5-8-16(18)17(13)19/h3-8,11,15,20H,2,9-10,12H2,1H3. The van der Waals surface area contributed by atoms with Crippen molar-refractivity contribution in [1.82, 2.24) is 10.3 Å². The van der Waals surface area contributed by atoms with Crippen LogP contribution in [-0.4, -0.2) is 17.6 Å². The van der Waals surface area contributed by atoms with Crippen LogP contribution in [0.2, 0.25) is 10.0 Å². The predicted molar refractivity (Wildman–Crippen MR) is 90.2 cm³/mol. The summed E-state index contributed by atoms with van der Waals surface area (Å²) in [5.41, 5.74) is 2.22. The second kappa shape index (κ2) is 8.38. The fourth-order valence-electron chi connectivity index (χ4n) is 2.40. The molecule has 1 aromatic carbocycles. The summed E-state index contributed by atoms with van der Waals surface area (Å²) >= 11 is 12.4. The van der Waals surface area contributed by atoms with E-state index in [0.29, 0.717) is 16.1 Å². The van der Waals surface area contributed by atoms with Crippen LogP contribution in [-0.2, 0) is 12.8 Å². The molecular weight excluding hydrogens is 303 g/mol. The quantitative estimate of drug-likeness (QED) is 0.809. The van der Waals surface area contributed by atoms with Crippen LogP contribution in [0.3, 0.4) is 0 Å². The maximum absolute atomic E-state index is 6.28. The molecule has 0 radical (unpaired) electrons. The Morgan fingerprint density at radius 3 is 2.71 bits per heavy atom. The Morgan fingerprint density at radius 2 is 2.00 bits per heavy atom. The molecule has 1 heterocycles. The van der Waals surface area contributed by atoms with Gasteiger partial charge in [-0.1, -0.05) is 48.3 Å². The van der Waals surface area contributed by atoms with Crippen molar-refractivity contribution in [2.24, 2.45) is 0 Å². The van der Waals surface area contributed by atoms with Crippen molar-refractivity contribution in [2.45, 2.75) is 32.2 Å². The Kier molecular flexibility index (Phi) is 6.50. The zero-order valence-corrected chi connectivity index (χ0v) is 13.7. The van der Waals surface area contributed by atoms with Gasteiger partial charge in [0.1, 0.15) is 0 Å². The molecule has 0 saturated heterocycles. The zero-order chi connectivity index (χ0) is 15.1. The topological polar surface area (TPSA) is 24.9 Å². The van der Waals surface area contributed by atoms with Crippen LogP contribution in [0.4, 0.5) is 0 Å². The lowest BCUT2D eigenvalue weighted by molar-refractivity contribution is 0.489. The Bertz CT molecular complexity index is 558. The zero-order valence-electron chi connectivity index (χ0n) is 12.2. The van der Waals surface area contributed by atoms with Crippen molar-refractivity contribution in [1.29, 1.82) is 0 Å². The first-order valence-corrected chi connectivity index (χ1v) is 8.02. The third-order valence-corrected chi connectivity index (χ3v) is 4.32. The monoisotopic (exact) mass is 322 g/mol. The van der Waals surface area contributed by atoms with Crippen LogP contribution in [0, 0.1) is 0 Å². The van der Waals surface area contributed by atoms with E-state index >= 15 is 0 Å². The van der Waals surface area contributed by atoms with Crippen LogP contribution in [0.1, 0.15) is 24.6 Å². The molecule has 1 N–H and O–H groups in total. The summed E-state index contributed by atoms with van der Waals surface area (Å²) in [5, 5.41) is 4.80. The Balaban J connectivity index is 2.00. The first-order chi connectivity index (χ1) is 10.2. The number of aryl methyl sites for hydroxylation is 1. The van der Waals surface area contributed by atoms with Gasteiger partial charge in [0, 0.05) is 17.9 Å². The van der Waals surface area contributed by atoms with Crippen molar-refractivity contribution < 1.29 is 0 Å². The highest BCUT2D eigenvalue weighted by atomic mass is 35.5. The normalized spacial score (nSPS) is 12.3. The number of nitrogens with one attached hydrogen (secondary N) is 1. The molecule has 0 aliphatic heterocycles. The van der Waals surface area contributed by atoms with Gasteiger partial charge in [-0.25, -0.2) is 0 Å². The SMILES string of the molecule is CCNC(CCc1ccccn1)Cc1cccc(Cl)c1Cl. The fourth-order valence-corrected chi connectivity index (χ4v) is 2.80. The minimum atomic E-state index is 0.368. The van der Waals surface area contributed by atoms with E-state index in [-0.39, 0.29) is 0 Å². The van der Waals surface area contributed by atoms with Crippen LogP contribution in [0.15, 0.2) is 42.6 Å². The van der Waals surface area contributed by atoms with Gasteiger partial charge in [0.25, 0.3) is 0 Å². The number of hydrogen-bond donors (Lipinski definition) is 1. The summed E-state index contributed by atoms with van der Waals surface area (Å²) in [5.74, 6) is 0. The average molecular weight is 323 g/mol. The van der Waals surface area contributed by atoms with Gasteiger partial charge in [-0.05, 0) is 49.6 Å². The van der Waals surface area contributed by atoms with Crippen LogP contribution in [0.25, 0.3) is 0 Å². The van der Waals surface area contributed by atoms with Gasteiger partial charge >= 0.3 is 0 Å². The maximum atomic E-state index is 6.28. The van der Waals surface area contributed by atoms with Gasteiger partial charge in [-0.2, -0.15) is 0 Å². The number of rotatable bonds is 7. The lowest BCUT2D eigenvalue weighted by Gasteiger charge is -2.18. The smallest absolute Gasteiger partial charge is 0.0624 e. The highest BCUT2D eigenvalue weighted by Gasteiger charge is 2.12. The van der Waals surface area contributed by atoms with Gasteiger partial charge in [0.2, 0.25) is 0 Å². The largest absolute Gasteiger partial charge is 0.314 e. The summed E-state index contributed by atoms with van der Waals surface area (Å²) in [6, 6.07) is 12.2. The summed E-state index contributed by atoms with van der Waals surface area (Å²) in [4.78, 5) is 4.37. The first kappa shape index (κ1) is 16.3. The Morgan fingerprint density at radius 1 is 1.14 bits per heavy atom. The lowest BCUT2D eigenvalue weighted by Crippen LogP contribution is -2.31. The van der Waals surface area contributed by atoms with E-state index in [4.69, 9.17) is 23.2 Å². The molecule has 0 bridgehead atoms. The molecule has 2 rings (SSSR count). The Hall–Kier alpha value is -1.09. The molecule has 21 heavy (non-hydrogen) atoms. The van der Waals surface area contributed by atoms with Crippen molar-refractivity contribution >= 4 is 23.2 Å². The van der Waals surface area contributed by atoms with Gasteiger partial charge in [-0.3, -0.25) is 4.98 Å². The van der Waals surface area contributed by atoms with Crippen LogP contribution in [0.5, 0.6) is 0 Å². The fraction of sp³-hybridized carbons (Fsp3) is 0.353. The molecule has 1 unspecified atom stereocenters. The second-order valence-electron chi connectivity index (χ2n) is 5.03. The van der Waals surface area contributed by atoms with Gasteiger partial charge in [0.15, 0.2) is 0 Å².